The number of nitrogens with one attached hydrogen (secondary N) is 2. The van der Waals surface area contributed by atoms with E-state index in [1.165, 1.54) is 0 Å². The molecule has 0 aromatic rings. The fourth-order valence-electron chi connectivity index (χ4n) is 1.60. The van der Waals surface area contributed by atoms with Gasteiger partial charge >= 0.3 is 6.09 Å². The highest BCUT2D eigenvalue weighted by molar-refractivity contribution is 5.67. The predicted octanol–water partition coefficient (Wildman–Crippen LogP) is 1.28. The first-order valence-corrected chi connectivity index (χ1v) is 6.26. The van der Waals surface area contributed by atoms with Gasteiger partial charge in [-0.25, -0.2) is 4.79 Å². The zero-order valence-corrected chi connectivity index (χ0v) is 11.0. The van der Waals surface area contributed by atoms with Gasteiger partial charge in [-0.15, -0.1) is 0 Å². The van der Waals surface area contributed by atoms with Crippen LogP contribution in [0, 0.1) is 0 Å². The molecule has 1 aliphatic rings. The van der Waals surface area contributed by atoms with Crippen LogP contribution in [0.15, 0.2) is 0 Å². The maximum Gasteiger partial charge on any atom is 0.407 e. The number of carbonyl (C=O) groups is 1. The van der Waals surface area contributed by atoms with E-state index in [9.17, 15) is 4.79 Å². The summed E-state index contributed by atoms with van der Waals surface area (Å²) in [7, 11) is 0. The zero-order chi connectivity index (χ0) is 12.7. The van der Waals surface area contributed by atoms with Crippen LogP contribution in [-0.2, 0) is 9.47 Å². The van der Waals surface area contributed by atoms with Gasteiger partial charge in [-0.1, -0.05) is 0 Å². The molecule has 100 valence electrons. The van der Waals surface area contributed by atoms with Crippen LogP contribution in [0.4, 0.5) is 4.79 Å². The summed E-state index contributed by atoms with van der Waals surface area (Å²) in [5.41, 5.74) is -0.434. The zero-order valence-electron chi connectivity index (χ0n) is 11.0. The lowest BCUT2D eigenvalue weighted by Gasteiger charge is -2.19. The van der Waals surface area contributed by atoms with Crippen molar-refractivity contribution in [2.24, 2.45) is 0 Å². The third-order valence-electron chi connectivity index (χ3n) is 2.36. The monoisotopic (exact) mass is 244 g/mol. The van der Waals surface area contributed by atoms with Crippen LogP contribution in [0.2, 0.25) is 0 Å². The van der Waals surface area contributed by atoms with Gasteiger partial charge in [-0.3, -0.25) is 0 Å². The van der Waals surface area contributed by atoms with E-state index in [0.717, 1.165) is 25.9 Å². The first kappa shape index (κ1) is 14.3. The summed E-state index contributed by atoms with van der Waals surface area (Å²) in [5, 5.41) is 5.95. The molecule has 5 heteroatoms. The summed E-state index contributed by atoms with van der Waals surface area (Å²) in [6.45, 7) is 8.81. The molecule has 17 heavy (non-hydrogen) atoms. The largest absolute Gasteiger partial charge is 0.444 e. The summed E-state index contributed by atoms with van der Waals surface area (Å²) in [6, 6.07) is 0. The Kier molecular flexibility index (Phi) is 5.71. The normalized spacial score (nSPS) is 20.3. The van der Waals surface area contributed by atoms with Crippen LogP contribution in [0.5, 0.6) is 0 Å². The minimum absolute atomic E-state index is 0.344. The van der Waals surface area contributed by atoms with Crippen molar-refractivity contribution in [2.45, 2.75) is 45.3 Å². The van der Waals surface area contributed by atoms with Crippen molar-refractivity contribution in [2.75, 3.05) is 26.2 Å². The molecule has 0 spiro atoms. The summed E-state index contributed by atoms with van der Waals surface area (Å²) in [5.74, 6) is 0. The maximum atomic E-state index is 11.3. The number of alkyl carbamates (subject to hydrolysis) is 1. The standard InChI is InChI=1S/C12H24N2O3/c1-12(2,3)17-11(15)14-6-4-8-16-10-5-7-13-9-10/h10,13H,4-9H2,1-3H3,(H,14,15)/t10-/m0/s1. The lowest BCUT2D eigenvalue weighted by Crippen LogP contribution is -2.33. The fraction of sp³-hybridized carbons (Fsp3) is 0.917. The summed E-state index contributed by atoms with van der Waals surface area (Å²) in [6.07, 6.45) is 1.88. The summed E-state index contributed by atoms with van der Waals surface area (Å²) >= 11 is 0. The second-order valence-corrected chi connectivity index (χ2v) is 5.27. The summed E-state index contributed by atoms with van der Waals surface area (Å²) in [4.78, 5) is 11.3. The highest BCUT2D eigenvalue weighted by Crippen LogP contribution is 2.06. The van der Waals surface area contributed by atoms with Gasteiger partial charge in [0.15, 0.2) is 0 Å². The van der Waals surface area contributed by atoms with E-state index in [-0.39, 0.29) is 6.09 Å². The van der Waals surface area contributed by atoms with E-state index < -0.39 is 5.60 Å². The van der Waals surface area contributed by atoms with Crippen LogP contribution in [0.1, 0.15) is 33.6 Å². The Morgan fingerprint density at radius 2 is 2.24 bits per heavy atom. The third kappa shape index (κ3) is 7.18. The van der Waals surface area contributed by atoms with Crippen LogP contribution in [0.25, 0.3) is 0 Å². The Morgan fingerprint density at radius 3 is 2.82 bits per heavy atom. The number of ether oxygens (including phenoxy) is 2. The molecule has 2 N–H and O–H groups in total. The fourth-order valence-corrected chi connectivity index (χ4v) is 1.60. The molecule has 0 aromatic carbocycles. The Balaban J connectivity index is 1.94. The highest BCUT2D eigenvalue weighted by atomic mass is 16.6. The smallest absolute Gasteiger partial charge is 0.407 e. The molecule has 1 amide bonds. The number of hydrogen-bond acceptors (Lipinski definition) is 4. The molecule has 1 heterocycles. The molecule has 0 saturated carbocycles. The van der Waals surface area contributed by atoms with Gasteiger partial charge in [0, 0.05) is 19.7 Å². The van der Waals surface area contributed by atoms with Crippen LogP contribution >= 0.6 is 0 Å². The SMILES string of the molecule is CC(C)(C)OC(=O)NCCCO[C@H]1CCNC1. The first-order chi connectivity index (χ1) is 7.97. The van der Waals surface area contributed by atoms with Crippen molar-refractivity contribution >= 4 is 6.09 Å². The van der Waals surface area contributed by atoms with Gasteiger partial charge in [-0.05, 0) is 40.2 Å². The average molecular weight is 244 g/mol. The van der Waals surface area contributed by atoms with Gasteiger partial charge in [-0.2, -0.15) is 0 Å². The van der Waals surface area contributed by atoms with E-state index in [1.54, 1.807) is 0 Å². The molecule has 0 aromatic heterocycles. The minimum atomic E-state index is -0.434. The molecule has 0 unspecified atom stereocenters. The molecular weight excluding hydrogens is 220 g/mol. The minimum Gasteiger partial charge on any atom is -0.444 e. The van der Waals surface area contributed by atoms with E-state index in [2.05, 4.69) is 10.6 Å². The van der Waals surface area contributed by atoms with Crippen LogP contribution < -0.4 is 10.6 Å². The van der Waals surface area contributed by atoms with Crippen LogP contribution in [0.3, 0.4) is 0 Å². The molecule has 1 rings (SSSR count). The first-order valence-electron chi connectivity index (χ1n) is 6.26. The van der Waals surface area contributed by atoms with E-state index in [1.807, 2.05) is 20.8 Å². The van der Waals surface area contributed by atoms with Crippen molar-refractivity contribution in [1.29, 1.82) is 0 Å². The van der Waals surface area contributed by atoms with Crippen molar-refractivity contribution in [3.8, 4) is 0 Å². The molecule has 1 aliphatic heterocycles. The van der Waals surface area contributed by atoms with Crippen molar-refractivity contribution < 1.29 is 14.3 Å². The van der Waals surface area contributed by atoms with Gasteiger partial charge in [0.25, 0.3) is 0 Å². The van der Waals surface area contributed by atoms with E-state index in [4.69, 9.17) is 9.47 Å². The number of amides is 1. The van der Waals surface area contributed by atoms with Crippen LogP contribution in [-0.4, -0.2) is 44.0 Å². The van der Waals surface area contributed by atoms with Crippen molar-refractivity contribution in [1.82, 2.24) is 10.6 Å². The Morgan fingerprint density at radius 1 is 1.47 bits per heavy atom. The second-order valence-electron chi connectivity index (χ2n) is 5.27. The van der Waals surface area contributed by atoms with E-state index >= 15 is 0 Å². The topological polar surface area (TPSA) is 59.6 Å². The highest BCUT2D eigenvalue weighted by Gasteiger charge is 2.16. The van der Waals surface area contributed by atoms with Gasteiger partial charge < -0.3 is 20.1 Å². The quantitative estimate of drug-likeness (QED) is 0.715. The van der Waals surface area contributed by atoms with Crippen molar-refractivity contribution in [3.05, 3.63) is 0 Å². The molecule has 0 aliphatic carbocycles. The van der Waals surface area contributed by atoms with Gasteiger partial charge in [0.2, 0.25) is 0 Å². The number of rotatable bonds is 5. The molecule has 0 radical (unpaired) electrons. The number of carbonyl (C=O) groups excluding carboxylic acids is 1. The molecule has 5 nitrogen and oxygen atoms in total. The molecule has 1 fully saturated rings. The lowest BCUT2D eigenvalue weighted by molar-refractivity contribution is 0.0493. The Bertz CT molecular complexity index is 232. The Labute approximate surface area is 103 Å². The van der Waals surface area contributed by atoms with Gasteiger partial charge in [0.05, 0.1) is 6.10 Å². The molecule has 1 saturated heterocycles. The van der Waals surface area contributed by atoms with Gasteiger partial charge in [0.1, 0.15) is 5.60 Å². The predicted molar refractivity (Wildman–Crippen MR) is 66.1 cm³/mol. The van der Waals surface area contributed by atoms with Crippen molar-refractivity contribution in [3.63, 3.8) is 0 Å². The second kappa shape index (κ2) is 6.81. The number of hydrogen-bond donors (Lipinski definition) is 2. The molecule has 1 atom stereocenters. The molecular formula is C12H24N2O3. The lowest BCUT2D eigenvalue weighted by atomic mass is 10.2. The van der Waals surface area contributed by atoms with E-state index in [0.29, 0.717) is 19.3 Å². The third-order valence-corrected chi connectivity index (χ3v) is 2.36. The maximum absolute atomic E-state index is 11.3. The average Bonchev–Trinajstić information content (AvgIpc) is 2.67. The summed E-state index contributed by atoms with van der Waals surface area (Å²) < 4.78 is 10.7. The Hall–Kier alpha value is -0.810. The molecule has 0 bridgehead atoms.